The number of hydrogen-bond donors (Lipinski definition) is 2. The summed E-state index contributed by atoms with van der Waals surface area (Å²) in [6, 6.07) is 7.40. The molecular weight excluding hydrogens is 280 g/mol. The van der Waals surface area contributed by atoms with Gasteiger partial charge in [0.15, 0.2) is 0 Å². The van der Waals surface area contributed by atoms with Crippen LogP contribution >= 0.6 is 0 Å². The summed E-state index contributed by atoms with van der Waals surface area (Å²) >= 11 is 0. The molecule has 5 heteroatoms. The Labute approximate surface area is 132 Å². The van der Waals surface area contributed by atoms with Crippen LogP contribution in [0.2, 0.25) is 0 Å². The third kappa shape index (κ3) is 4.13. The fraction of sp³-hybridized carbons (Fsp3) is 0.588. The maximum absolute atomic E-state index is 12.1. The maximum Gasteiger partial charge on any atom is 0.410 e. The molecular formula is C17H26N2O3. The van der Waals surface area contributed by atoms with Crippen LogP contribution < -0.4 is 5.32 Å². The van der Waals surface area contributed by atoms with Crippen molar-refractivity contribution in [2.24, 2.45) is 5.92 Å². The van der Waals surface area contributed by atoms with E-state index in [4.69, 9.17) is 4.74 Å². The van der Waals surface area contributed by atoms with Crippen LogP contribution in [0.25, 0.3) is 0 Å². The molecule has 22 heavy (non-hydrogen) atoms. The molecule has 2 unspecified atom stereocenters. The largest absolute Gasteiger partial charge is 0.508 e. The topological polar surface area (TPSA) is 61.8 Å². The number of ether oxygens (including phenoxy) is 1. The zero-order chi connectivity index (χ0) is 16.3. The smallest absolute Gasteiger partial charge is 0.410 e. The lowest BCUT2D eigenvalue weighted by Crippen LogP contribution is -2.36. The van der Waals surface area contributed by atoms with Gasteiger partial charge in [-0.3, -0.25) is 0 Å². The van der Waals surface area contributed by atoms with E-state index in [1.54, 1.807) is 17.0 Å². The van der Waals surface area contributed by atoms with E-state index in [-0.39, 0.29) is 17.9 Å². The van der Waals surface area contributed by atoms with Gasteiger partial charge in [-0.1, -0.05) is 12.1 Å². The van der Waals surface area contributed by atoms with Crippen LogP contribution in [0.5, 0.6) is 5.75 Å². The number of carbonyl (C=O) groups excluding carboxylic acids is 1. The molecule has 2 atom stereocenters. The number of hydrogen-bond acceptors (Lipinski definition) is 4. The van der Waals surface area contributed by atoms with Gasteiger partial charge in [-0.2, -0.15) is 0 Å². The molecule has 0 aliphatic carbocycles. The molecule has 122 valence electrons. The van der Waals surface area contributed by atoms with Gasteiger partial charge in [0.05, 0.1) is 0 Å². The minimum absolute atomic E-state index is 0.160. The first-order valence-electron chi connectivity index (χ1n) is 7.74. The molecule has 1 aromatic rings. The van der Waals surface area contributed by atoms with Gasteiger partial charge in [-0.15, -0.1) is 0 Å². The Morgan fingerprint density at radius 3 is 2.55 bits per heavy atom. The van der Waals surface area contributed by atoms with Crippen LogP contribution in [-0.2, 0) is 4.74 Å². The Morgan fingerprint density at radius 1 is 1.36 bits per heavy atom. The van der Waals surface area contributed by atoms with Gasteiger partial charge in [-0.25, -0.2) is 4.79 Å². The van der Waals surface area contributed by atoms with Gasteiger partial charge in [-0.05, 0) is 57.9 Å². The molecule has 1 saturated heterocycles. The Morgan fingerprint density at radius 2 is 2.00 bits per heavy atom. The number of likely N-dealkylation sites (tertiary alicyclic amines) is 1. The van der Waals surface area contributed by atoms with Gasteiger partial charge in [0, 0.05) is 19.1 Å². The molecule has 1 aromatic carbocycles. The highest BCUT2D eigenvalue weighted by Gasteiger charge is 2.34. The number of phenolic OH excluding ortho intramolecular Hbond substituents is 1. The molecule has 0 aromatic heterocycles. The second-order valence-corrected chi connectivity index (χ2v) is 6.83. The fourth-order valence-electron chi connectivity index (χ4n) is 2.91. The first-order chi connectivity index (χ1) is 10.3. The fourth-order valence-corrected chi connectivity index (χ4v) is 2.91. The van der Waals surface area contributed by atoms with E-state index in [0.29, 0.717) is 12.5 Å². The number of benzene rings is 1. The lowest BCUT2D eigenvalue weighted by molar-refractivity contribution is 0.0285. The number of aromatic hydroxyl groups is 1. The van der Waals surface area contributed by atoms with Crippen molar-refractivity contribution in [1.82, 2.24) is 10.2 Å². The van der Waals surface area contributed by atoms with Crippen LogP contribution in [0.3, 0.4) is 0 Å². The molecule has 2 N–H and O–H groups in total. The van der Waals surface area contributed by atoms with E-state index in [0.717, 1.165) is 18.5 Å². The Hall–Kier alpha value is -1.75. The molecule has 0 radical (unpaired) electrons. The minimum Gasteiger partial charge on any atom is -0.508 e. The van der Waals surface area contributed by atoms with Gasteiger partial charge in [0.2, 0.25) is 0 Å². The predicted molar refractivity (Wildman–Crippen MR) is 85.8 cm³/mol. The highest BCUT2D eigenvalue weighted by atomic mass is 16.6. The highest BCUT2D eigenvalue weighted by Crippen LogP contribution is 2.31. The number of amides is 1. The van der Waals surface area contributed by atoms with Gasteiger partial charge >= 0.3 is 6.09 Å². The Bertz CT molecular complexity index is 508. The average molecular weight is 306 g/mol. The summed E-state index contributed by atoms with van der Waals surface area (Å²) < 4.78 is 5.44. The quantitative estimate of drug-likeness (QED) is 0.901. The van der Waals surface area contributed by atoms with Gasteiger partial charge < -0.3 is 20.1 Å². The van der Waals surface area contributed by atoms with E-state index in [1.165, 1.54) is 0 Å². The highest BCUT2D eigenvalue weighted by molar-refractivity contribution is 5.68. The van der Waals surface area contributed by atoms with Crippen LogP contribution in [0, 0.1) is 5.92 Å². The van der Waals surface area contributed by atoms with Crippen LogP contribution in [0.4, 0.5) is 4.79 Å². The maximum atomic E-state index is 12.1. The van der Waals surface area contributed by atoms with E-state index in [2.05, 4.69) is 5.32 Å². The summed E-state index contributed by atoms with van der Waals surface area (Å²) in [4.78, 5) is 13.9. The van der Waals surface area contributed by atoms with Crippen molar-refractivity contribution in [3.63, 3.8) is 0 Å². The summed E-state index contributed by atoms with van der Waals surface area (Å²) in [6.07, 6.45) is 0.696. The van der Waals surface area contributed by atoms with Crippen molar-refractivity contribution in [2.45, 2.75) is 38.8 Å². The monoisotopic (exact) mass is 306 g/mol. The lowest BCUT2D eigenvalue weighted by Gasteiger charge is -2.26. The third-order valence-electron chi connectivity index (χ3n) is 3.91. The predicted octanol–water partition coefficient (Wildman–Crippen LogP) is 2.91. The van der Waals surface area contributed by atoms with Crippen LogP contribution in [0.1, 0.15) is 38.8 Å². The molecule has 1 fully saturated rings. The zero-order valence-electron chi connectivity index (χ0n) is 13.8. The van der Waals surface area contributed by atoms with Gasteiger partial charge in [0.25, 0.3) is 0 Å². The summed E-state index contributed by atoms with van der Waals surface area (Å²) in [5.41, 5.74) is 0.658. The number of rotatable bonds is 3. The SMILES string of the molecule is CNC(c1ccc(O)cc1)C1CCN(C(=O)OC(C)(C)C)C1. The summed E-state index contributed by atoms with van der Waals surface area (Å²) in [6.45, 7) is 7.04. The number of nitrogens with zero attached hydrogens (tertiary/aromatic N) is 1. The van der Waals surface area contributed by atoms with Crippen LogP contribution in [0.15, 0.2) is 24.3 Å². The molecule has 1 aliphatic rings. The molecule has 0 spiro atoms. The van der Waals surface area contributed by atoms with E-state index >= 15 is 0 Å². The summed E-state index contributed by atoms with van der Waals surface area (Å²) in [7, 11) is 1.92. The molecule has 1 amide bonds. The molecule has 0 saturated carbocycles. The molecule has 1 heterocycles. The summed E-state index contributed by atoms with van der Waals surface area (Å²) in [5.74, 6) is 0.600. The van der Waals surface area contributed by atoms with Crippen LogP contribution in [-0.4, -0.2) is 41.8 Å². The van der Waals surface area contributed by atoms with Crippen molar-refractivity contribution >= 4 is 6.09 Å². The standard InChI is InChI=1S/C17H26N2O3/c1-17(2,3)22-16(21)19-10-9-13(11-19)15(18-4)12-5-7-14(20)8-6-12/h5-8,13,15,18,20H,9-11H2,1-4H3. The van der Waals surface area contributed by atoms with Crippen molar-refractivity contribution in [1.29, 1.82) is 0 Å². The molecule has 5 nitrogen and oxygen atoms in total. The first-order valence-corrected chi connectivity index (χ1v) is 7.74. The Kier molecular flexibility index (Phi) is 4.96. The first kappa shape index (κ1) is 16.6. The lowest BCUT2D eigenvalue weighted by atomic mass is 9.92. The molecule has 0 bridgehead atoms. The normalized spacial score (nSPS) is 20.0. The van der Waals surface area contributed by atoms with E-state index in [9.17, 15) is 9.90 Å². The molecule has 2 rings (SSSR count). The average Bonchev–Trinajstić information content (AvgIpc) is 2.89. The van der Waals surface area contributed by atoms with Crippen molar-refractivity contribution in [3.05, 3.63) is 29.8 Å². The van der Waals surface area contributed by atoms with Crippen molar-refractivity contribution in [2.75, 3.05) is 20.1 Å². The van der Waals surface area contributed by atoms with E-state index < -0.39 is 5.60 Å². The zero-order valence-corrected chi connectivity index (χ0v) is 13.8. The Balaban J connectivity index is 2.01. The number of phenols is 1. The van der Waals surface area contributed by atoms with Gasteiger partial charge in [0.1, 0.15) is 11.4 Å². The van der Waals surface area contributed by atoms with Crippen molar-refractivity contribution < 1.29 is 14.6 Å². The summed E-state index contributed by atoms with van der Waals surface area (Å²) in [5, 5.41) is 12.7. The third-order valence-corrected chi connectivity index (χ3v) is 3.91. The van der Waals surface area contributed by atoms with E-state index in [1.807, 2.05) is 40.0 Å². The second kappa shape index (κ2) is 6.57. The number of nitrogens with one attached hydrogen (secondary N) is 1. The second-order valence-electron chi connectivity index (χ2n) is 6.83. The van der Waals surface area contributed by atoms with Crippen molar-refractivity contribution in [3.8, 4) is 5.75 Å². The number of carbonyl (C=O) groups is 1. The molecule has 1 aliphatic heterocycles. The minimum atomic E-state index is -0.464.